The summed E-state index contributed by atoms with van der Waals surface area (Å²) in [5.41, 5.74) is 1.22. The van der Waals surface area contributed by atoms with Crippen LogP contribution >= 0.6 is 27.3 Å². The summed E-state index contributed by atoms with van der Waals surface area (Å²) in [6, 6.07) is 1.96. The third-order valence-corrected chi connectivity index (χ3v) is 4.00. The summed E-state index contributed by atoms with van der Waals surface area (Å²) in [6.07, 6.45) is 0.611. The molecule has 0 unspecified atom stereocenters. The first-order valence-electron chi connectivity index (χ1n) is 4.59. The lowest BCUT2D eigenvalue weighted by molar-refractivity contribution is 0.0944. The highest BCUT2D eigenvalue weighted by Crippen LogP contribution is 2.30. The number of Topliss-reactive ketones (excluding diaryl/α,β-unsaturated/α-hetero) is 1. The molecule has 0 bridgehead atoms. The molecule has 0 aromatic carbocycles. The first-order chi connectivity index (χ1) is 6.29. The monoisotopic (exact) mass is 274 g/mol. The molecule has 0 saturated heterocycles. The SMILES string of the molecule is Cc1cc(C(=O)CC(C)(C)C)sc1Br. The van der Waals surface area contributed by atoms with Crippen LogP contribution in [0.1, 0.15) is 42.4 Å². The predicted octanol–water partition coefficient (Wildman–Crippen LogP) is 4.44. The number of carbonyl (C=O) groups excluding carboxylic acids is 1. The molecule has 0 aliphatic carbocycles. The molecular formula is C11H15BrOS. The molecule has 1 rings (SSSR count). The summed E-state index contributed by atoms with van der Waals surface area (Å²) in [7, 11) is 0. The van der Waals surface area contributed by atoms with Crippen molar-refractivity contribution in [1.29, 1.82) is 0 Å². The summed E-state index contributed by atoms with van der Waals surface area (Å²) in [5.74, 6) is 0.247. The molecule has 0 N–H and O–H groups in total. The van der Waals surface area contributed by atoms with Crippen LogP contribution in [0.2, 0.25) is 0 Å². The molecule has 0 aliphatic rings. The van der Waals surface area contributed by atoms with E-state index in [9.17, 15) is 4.79 Å². The molecule has 3 heteroatoms. The van der Waals surface area contributed by atoms with E-state index < -0.39 is 0 Å². The number of ketones is 1. The number of halogens is 1. The lowest BCUT2D eigenvalue weighted by Crippen LogP contribution is -2.11. The fourth-order valence-electron chi connectivity index (χ4n) is 1.17. The van der Waals surface area contributed by atoms with E-state index in [1.54, 1.807) is 0 Å². The van der Waals surface area contributed by atoms with Gasteiger partial charge >= 0.3 is 0 Å². The van der Waals surface area contributed by atoms with Gasteiger partial charge in [-0.15, -0.1) is 11.3 Å². The Morgan fingerprint density at radius 2 is 2.07 bits per heavy atom. The van der Waals surface area contributed by atoms with Crippen LogP contribution in [0.15, 0.2) is 9.85 Å². The van der Waals surface area contributed by atoms with Crippen molar-refractivity contribution >= 4 is 33.0 Å². The average molecular weight is 275 g/mol. The Labute approximate surface area is 97.7 Å². The van der Waals surface area contributed by atoms with Gasteiger partial charge in [0.05, 0.1) is 8.66 Å². The fourth-order valence-corrected chi connectivity index (χ4v) is 2.64. The molecule has 0 radical (unpaired) electrons. The van der Waals surface area contributed by atoms with E-state index in [1.807, 2.05) is 13.0 Å². The zero-order chi connectivity index (χ0) is 10.9. The van der Waals surface area contributed by atoms with Crippen LogP contribution in [-0.2, 0) is 0 Å². The van der Waals surface area contributed by atoms with Gasteiger partial charge in [0.25, 0.3) is 0 Å². The Bertz CT molecular complexity index is 327. The minimum absolute atomic E-state index is 0.0709. The summed E-state index contributed by atoms with van der Waals surface area (Å²) in [4.78, 5) is 12.7. The van der Waals surface area contributed by atoms with E-state index in [0.29, 0.717) is 6.42 Å². The molecule has 0 spiro atoms. The summed E-state index contributed by atoms with van der Waals surface area (Å²) < 4.78 is 1.06. The van der Waals surface area contributed by atoms with Gasteiger partial charge in [-0.3, -0.25) is 4.79 Å². The summed E-state index contributed by atoms with van der Waals surface area (Å²) in [6.45, 7) is 8.26. The van der Waals surface area contributed by atoms with Crippen molar-refractivity contribution in [2.75, 3.05) is 0 Å². The zero-order valence-corrected chi connectivity index (χ0v) is 11.4. The third-order valence-electron chi connectivity index (χ3n) is 1.82. The van der Waals surface area contributed by atoms with Crippen LogP contribution in [0.5, 0.6) is 0 Å². The Morgan fingerprint density at radius 3 is 2.43 bits per heavy atom. The van der Waals surface area contributed by atoms with Crippen LogP contribution in [0, 0.1) is 12.3 Å². The molecule has 0 aliphatic heterocycles. The summed E-state index contributed by atoms with van der Waals surface area (Å²) in [5, 5.41) is 0. The molecule has 0 atom stereocenters. The van der Waals surface area contributed by atoms with Gasteiger partial charge in [0.1, 0.15) is 0 Å². The maximum absolute atomic E-state index is 11.8. The van der Waals surface area contributed by atoms with E-state index in [2.05, 4.69) is 36.7 Å². The van der Waals surface area contributed by atoms with Crippen molar-refractivity contribution in [3.05, 3.63) is 20.3 Å². The maximum Gasteiger partial charge on any atom is 0.173 e. The molecule has 0 fully saturated rings. The van der Waals surface area contributed by atoms with Crippen LogP contribution in [0.4, 0.5) is 0 Å². The molecule has 1 aromatic heterocycles. The molecule has 0 amide bonds. The lowest BCUT2D eigenvalue weighted by Gasteiger charge is -2.15. The normalized spacial score (nSPS) is 11.8. The van der Waals surface area contributed by atoms with Crippen LogP contribution in [0.25, 0.3) is 0 Å². The molecule has 1 heterocycles. The van der Waals surface area contributed by atoms with E-state index in [0.717, 1.165) is 14.2 Å². The number of hydrogen-bond acceptors (Lipinski definition) is 2. The van der Waals surface area contributed by atoms with E-state index in [1.165, 1.54) is 11.3 Å². The number of aryl methyl sites for hydroxylation is 1. The highest BCUT2D eigenvalue weighted by Gasteiger charge is 2.19. The molecule has 14 heavy (non-hydrogen) atoms. The standard InChI is InChI=1S/C11H15BrOS/c1-7-5-9(14-10(7)12)8(13)6-11(2,3)4/h5H,6H2,1-4H3. The Balaban J connectivity index is 2.80. The van der Waals surface area contributed by atoms with E-state index >= 15 is 0 Å². The van der Waals surface area contributed by atoms with Crippen molar-refractivity contribution < 1.29 is 4.79 Å². The van der Waals surface area contributed by atoms with Gasteiger partial charge in [-0.05, 0) is 39.9 Å². The second-order valence-electron chi connectivity index (χ2n) is 4.73. The third kappa shape index (κ3) is 3.21. The predicted molar refractivity (Wildman–Crippen MR) is 65.2 cm³/mol. The highest BCUT2D eigenvalue weighted by molar-refractivity contribution is 9.11. The Hall–Kier alpha value is -0.150. The highest BCUT2D eigenvalue weighted by atomic mass is 79.9. The quantitative estimate of drug-likeness (QED) is 0.729. The maximum atomic E-state index is 11.8. The van der Waals surface area contributed by atoms with Crippen molar-refractivity contribution in [1.82, 2.24) is 0 Å². The summed E-state index contributed by atoms with van der Waals surface area (Å²) >= 11 is 4.96. The average Bonchev–Trinajstić information content (AvgIpc) is 2.28. The minimum atomic E-state index is 0.0709. The topological polar surface area (TPSA) is 17.1 Å². The lowest BCUT2D eigenvalue weighted by atomic mass is 9.89. The largest absolute Gasteiger partial charge is 0.293 e. The first kappa shape index (κ1) is 11.9. The Morgan fingerprint density at radius 1 is 1.50 bits per heavy atom. The number of carbonyl (C=O) groups is 1. The van der Waals surface area contributed by atoms with Crippen LogP contribution < -0.4 is 0 Å². The van der Waals surface area contributed by atoms with Gasteiger partial charge in [0, 0.05) is 6.42 Å². The van der Waals surface area contributed by atoms with E-state index in [4.69, 9.17) is 0 Å². The Kier molecular flexibility index (Phi) is 3.53. The number of rotatable bonds is 2. The fraction of sp³-hybridized carbons (Fsp3) is 0.545. The van der Waals surface area contributed by atoms with E-state index in [-0.39, 0.29) is 11.2 Å². The van der Waals surface area contributed by atoms with Crippen molar-refractivity contribution in [2.24, 2.45) is 5.41 Å². The van der Waals surface area contributed by atoms with Crippen molar-refractivity contribution in [3.63, 3.8) is 0 Å². The van der Waals surface area contributed by atoms with Gasteiger partial charge < -0.3 is 0 Å². The van der Waals surface area contributed by atoms with Gasteiger partial charge in [-0.25, -0.2) is 0 Å². The molecule has 78 valence electrons. The van der Waals surface area contributed by atoms with Gasteiger partial charge in [-0.2, -0.15) is 0 Å². The molecule has 1 nitrogen and oxygen atoms in total. The van der Waals surface area contributed by atoms with Gasteiger partial charge in [0.15, 0.2) is 5.78 Å². The first-order valence-corrected chi connectivity index (χ1v) is 6.20. The molecular weight excluding hydrogens is 260 g/mol. The van der Waals surface area contributed by atoms with Gasteiger partial charge in [0.2, 0.25) is 0 Å². The van der Waals surface area contributed by atoms with Gasteiger partial charge in [-0.1, -0.05) is 20.8 Å². The zero-order valence-electron chi connectivity index (χ0n) is 8.98. The molecule has 0 saturated carbocycles. The number of thiophene rings is 1. The second-order valence-corrected chi connectivity index (χ2v) is 7.10. The van der Waals surface area contributed by atoms with Crippen molar-refractivity contribution in [3.8, 4) is 0 Å². The van der Waals surface area contributed by atoms with Crippen molar-refractivity contribution in [2.45, 2.75) is 34.1 Å². The number of hydrogen-bond donors (Lipinski definition) is 0. The molecule has 1 aromatic rings. The van der Waals surface area contributed by atoms with Crippen LogP contribution in [-0.4, -0.2) is 5.78 Å². The smallest absolute Gasteiger partial charge is 0.173 e. The van der Waals surface area contributed by atoms with Crippen LogP contribution in [0.3, 0.4) is 0 Å². The second kappa shape index (κ2) is 4.15. The minimum Gasteiger partial charge on any atom is -0.293 e.